The number of rotatable bonds is 4. The second kappa shape index (κ2) is 6.50. The zero-order chi connectivity index (χ0) is 19.1. The molecule has 0 bridgehead atoms. The summed E-state index contributed by atoms with van der Waals surface area (Å²) in [6.07, 6.45) is -3.56. The van der Waals surface area contributed by atoms with Crippen molar-refractivity contribution in [3.63, 3.8) is 0 Å². The monoisotopic (exact) mass is 373 g/mol. The number of carbonyl (C=O) groups excluding carboxylic acids is 1. The van der Waals surface area contributed by atoms with E-state index in [0.29, 0.717) is 29.7 Å². The lowest BCUT2D eigenvalue weighted by molar-refractivity contribution is -0.139. The number of anilines is 1. The summed E-state index contributed by atoms with van der Waals surface area (Å²) in [6.45, 7) is -0.790. The number of alkyl halides is 3. The predicted octanol–water partition coefficient (Wildman–Crippen LogP) is 3.06. The van der Waals surface area contributed by atoms with Gasteiger partial charge in [-0.3, -0.25) is 9.59 Å². The molecule has 1 aromatic carbocycles. The number of halogens is 5. The van der Waals surface area contributed by atoms with Crippen molar-refractivity contribution < 1.29 is 26.7 Å². The Hall–Kier alpha value is -2.78. The molecule has 10 heteroatoms. The summed E-state index contributed by atoms with van der Waals surface area (Å²) in [5, 5.41) is 6.01. The first-order chi connectivity index (χ1) is 12.1. The molecule has 2 aromatic rings. The number of hydrogen-bond acceptors (Lipinski definition) is 3. The molecule has 1 amide bonds. The molecule has 1 aliphatic carbocycles. The van der Waals surface area contributed by atoms with E-state index in [9.17, 15) is 31.5 Å². The maximum atomic E-state index is 13.1. The molecule has 1 aliphatic rings. The van der Waals surface area contributed by atoms with Gasteiger partial charge in [-0.1, -0.05) is 0 Å². The van der Waals surface area contributed by atoms with Gasteiger partial charge in [0.2, 0.25) is 5.91 Å². The molecule has 26 heavy (non-hydrogen) atoms. The van der Waals surface area contributed by atoms with Crippen LogP contribution in [0.2, 0.25) is 0 Å². The second-order valence-corrected chi connectivity index (χ2v) is 5.89. The highest BCUT2D eigenvalue weighted by atomic mass is 19.4. The van der Waals surface area contributed by atoms with Crippen LogP contribution in [0, 0.1) is 11.6 Å². The first kappa shape index (κ1) is 18.0. The fourth-order valence-corrected chi connectivity index (χ4v) is 2.36. The van der Waals surface area contributed by atoms with Crippen LogP contribution in [0.4, 0.5) is 27.6 Å². The van der Waals surface area contributed by atoms with Crippen LogP contribution in [0.3, 0.4) is 0 Å². The molecule has 1 fully saturated rings. The summed E-state index contributed by atoms with van der Waals surface area (Å²) < 4.78 is 65.6. The van der Waals surface area contributed by atoms with Crippen LogP contribution >= 0.6 is 0 Å². The Bertz CT molecular complexity index is 919. The normalized spacial score (nSPS) is 14.3. The van der Waals surface area contributed by atoms with Gasteiger partial charge in [-0.25, -0.2) is 13.5 Å². The van der Waals surface area contributed by atoms with Crippen molar-refractivity contribution in [2.45, 2.75) is 31.5 Å². The fraction of sp³-hybridized carbons (Fsp3) is 0.312. The zero-order valence-electron chi connectivity index (χ0n) is 13.1. The van der Waals surface area contributed by atoms with Gasteiger partial charge in [0.1, 0.15) is 12.1 Å². The largest absolute Gasteiger partial charge is 0.421 e. The van der Waals surface area contributed by atoms with E-state index in [0.717, 1.165) is 12.1 Å². The summed E-state index contributed by atoms with van der Waals surface area (Å²) in [5.41, 5.74) is -2.84. The van der Waals surface area contributed by atoms with Gasteiger partial charge in [-0.15, -0.1) is 0 Å². The summed E-state index contributed by atoms with van der Waals surface area (Å²) >= 11 is 0. The van der Waals surface area contributed by atoms with Crippen molar-refractivity contribution >= 4 is 11.6 Å². The number of nitrogens with zero attached hydrogens (tertiary/aromatic N) is 2. The van der Waals surface area contributed by atoms with E-state index < -0.39 is 41.4 Å². The Kier molecular flexibility index (Phi) is 4.51. The van der Waals surface area contributed by atoms with Crippen LogP contribution in [0.15, 0.2) is 29.1 Å². The van der Waals surface area contributed by atoms with Gasteiger partial charge in [-0.05, 0) is 31.0 Å². The van der Waals surface area contributed by atoms with Crippen molar-refractivity contribution in [3.05, 3.63) is 57.5 Å². The summed E-state index contributed by atoms with van der Waals surface area (Å²) in [7, 11) is 0. The highest BCUT2D eigenvalue weighted by Crippen LogP contribution is 2.40. The SMILES string of the molecule is O=C(Cn1nc(C2CC2)cc(C(F)(F)F)c1=O)Nc1ccc(F)c(F)c1. The van der Waals surface area contributed by atoms with Crippen molar-refractivity contribution in [2.75, 3.05) is 5.32 Å². The third kappa shape index (κ3) is 3.89. The molecule has 0 radical (unpaired) electrons. The molecule has 0 spiro atoms. The number of hydrogen-bond donors (Lipinski definition) is 1. The van der Waals surface area contributed by atoms with Crippen LogP contribution in [0.1, 0.15) is 30.0 Å². The average Bonchev–Trinajstić information content (AvgIpc) is 3.36. The molecule has 0 aliphatic heterocycles. The molecule has 0 atom stereocenters. The minimum absolute atomic E-state index is 0.0950. The van der Waals surface area contributed by atoms with Crippen LogP contribution in [0.25, 0.3) is 0 Å². The van der Waals surface area contributed by atoms with Crippen molar-refractivity contribution in [2.24, 2.45) is 0 Å². The van der Waals surface area contributed by atoms with E-state index in [-0.39, 0.29) is 17.3 Å². The standard InChI is InChI=1S/C16H12F5N3O2/c17-11-4-3-9(5-12(11)18)22-14(25)7-24-15(26)10(16(19,20)21)6-13(23-24)8-1-2-8/h3-6,8H,1-2,7H2,(H,22,25). The lowest BCUT2D eigenvalue weighted by Gasteiger charge is -2.12. The van der Waals surface area contributed by atoms with Crippen LogP contribution in [-0.2, 0) is 17.5 Å². The Morgan fingerprint density at radius 3 is 2.46 bits per heavy atom. The second-order valence-electron chi connectivity index (χ2n) is 5.89. The first-order valence-corrected chi connectivity index (χ1v) is 7.59. The number of nitrogens with one attached hydrogen (secondary N) is 1. The molecule has 3 rings (SSSR count). The quantitative estimate of drug-likeness (QED) is 0.838. The lowest BCUT2D eigenvalue weighted by Crippen LogP contribution is -2.35. The Morgan fingerprint density at radius 2 is 1.88 bits per heavy atom. The zero-order valence-corrected chi connectivity index (χ0v) is 13.1. The van der Waals surface area contributed by atoms with E-state index in [1.807, 2.05) is 0 Å². The minimum Gasteiger partial charge on any atom is -0.324 e. The van der Waals surface area contributed by atoms with Gasteiger partial charge in [0, 0.05) is 17.7 Å². The Morgan fingerprint density at radius 1 is 1.19 bits per heavy atom. The van der Waals surface area contributed by atoms with E-state index >= 15 is 0 Å². The molecule has 1 N–H and O–H groups in total. The molecule has 1 aromatic heterocycles. The number of carbonyl (C=O) groups is 1. The third-order valence-corrected chi connectivity index (χ3v) is 3.79. The molecule has 0 unspecified atom stereocenters. The summed E-state index contributed by atoms with van der Waals surface area (Å²) in [4.78, 5) is 24.0. The van der Waals surface area contributed by atoms with Gasteiger partial charge >= 0.3 is 6.18 Å². The average molecular weight is 373 g/mol. The number of amides is 1. The Balaban J connectivity index is 1.86. The molecule has 0 saturated heterocycles. The van der Waals surface area contributed by atoms with E-state index in [2.05, 4.69) is 10.4 Å². The van der Waals surface area contributed by atoms with E-state index in [1.54, 1.807) is 0 Å². The smallest absolute Gasteiger partial charge is 0.324 e. The predicted molar refractivity (Wildman–Crippen MR) is 80.5 cm³/mol. The topological polar surface area (TPSA) is 64.0 Å². The fourth-order valence-electron chi connectivity index (χ4n) is 2.36. The number of aromatic nitrogens is 2. The molecular weight excluding hydrogens is 361 g/mol. The van der Waals surface area contributed by atoms with E-state index in [4.69, 9.17) is 0 Å². The Labute approximate surface area is 143 Å². The third-order valence-electron chi connectivity index (χ3n) is 3.79. The highest BCUT2D eigenvalue weighted by Gasteiger charge is 2.37. The van der Waals surface area contributed by atoms with Gasteiger partial charge in [0.15, 0.2) is 11.6 Å². The first-order valence-electron chi connectivity index (χ1n) is 7.59. The van der Waals surface area contributed by atoms with Crippen molar-refractivity contribution in [3.8, 4) is 0 Å². The van der Waals surface area contributed by atoms with Crippen LogP contribution < -0.4 is 10.9 Å². The van der Waals surface area contributed by atoms with Crippen molar-refractivity contribution in [1.29, 1.82) is 0 Å². The molecule has 1 heterocycles. The van der Waals surface area contributed by atoms with Gasteiger partial charge in [0.25, 0.3) is 5.56 Å². The van der Waals surface area contributed by atoms with Gasteiger partial charge in [-0.2, -0.15) is 18.3 Å². The minimum atomic E-state index is -4.87. The van der Waals surface area contributed by atoms with Crippen LogP contribution in [0.5, 0.6) is 0 Å². The molecule has 5 nitrogen and oxygen atoms in total. The molecule has 1 saturated carbocycles. The molecule has 138 valence electrons. The van der Waals surface area contributed by atoms with Gasteiger partial charge in [0.05, 0.1) is 5.69 Å². The van der Waals surface area contributed by atoms with E-state index in [1.165, 1.54) is 0 Å². The van der Waals surface area contributed by atoms with Gasteiger partial charge < -0.3 is 5.32 Å². The molecular formula is C16H12F5N3O2. The van der Waals surface area contributed by atoms with Crippen LogP contribution in [-0.4, -0.2) is 15.7 Å². The lowest BCUT2D eigenvalue weighted by atomic mass is 10.2. The number of benzene rings is 1. The maximum absolute atomic E-state index is 13.1. The van der Waals surface area contributed by atoms with Crippen molar-refractivity contribution in [1.82, 2.24) is 9.78 Å². The maximum Gasteiger partial charge on any atom is 0.421 e. The summed E-state index contributed by atoms with van der Waals surface area (Å²) in [6, 6.07) is 3.29. The highest BCUT2D eigenvalue weighted by molar-refractivity contribution is 5.90. The summed E-state index contributed by atoms with van der Waals surface area (Å²) in [5.74, 6) is -3.38.